The third-order valence-corrected chi connectivity index (χ3v) is 3.68. The van der Waals surface area contributed by atoms with Crippen LogP contribution < -0.4 is 4.74 Å². The topological polar surface area (TPSA) is 27.1 Å². The number of aromatic nitrogens is 2. The Bertz CT molecular complexity index is 889. The van der Waals surface area contributed by atoms with Crippen molar-refractivity contribution < 1.29 is 22.3 Å². The number of benzene rings is 2. The SMILES string of the molecule is COc1nn(-c2ccc(Cl)c3ccccc23)c(F)c1C(F)(F)F. The summed E-state index contributed by atoms with van der Waals surface area (Å²) in [5.41, 5.74) is -1.41. The molecule has 0 aliphatic heterocycles. The summed E-state index contributed by atoms with van der Waals surface area (Å²) < 4.78 is 58.5. The summed E-state index contributed by atoms with van der Waals surface area (Å²) in [4.78, 5) is 0. The van der Waals surface area contributed by atoms with Crippen LogP contribution in [0.15, 0.2) is 36.4 Å². The minimum absolute atomic E-state index is 0.135. The molecule has 0 bridgehead atoms. The molecule has 0 atom stereocenters. The quantitative estimate of drug-likeness (QED) is 0.622. The van der Waals surface area contributed by atoms with E-state index in [9.17, 15) is 17.6 Å². The average molecular weight is 345 g/mol. The van der Waals surface area contributed by atoms with E-state index in [1.807, 2.05) is 0 Å². The highest BCUT2D eigenvalue weighted by Gasteiger charge is 2.42. The second-order valence-electron chi connectivity index (χ2n) is 4.70. The number of hydrogen-bond acceptors (Lipinski definition) is 2. The van der Waals surface area contributed by atoms with Crippen LogP contribution in [0.2, 0.25) is 5.02 Å². The normalized spacial score (nSPS) is 11.9. The Labute approximate surface area is 133 Å². The summed E-state index contributed by atoms with van der Waals surface area (Å²) >= 11 is 6.06. The molecule has 0 unspecified atom stereocenters. The fraction of sp³-hybridized carbons (Fsp3) is 0.133. The Hall–Kier alpha value is -2.28. The van der Waals surface area contributed by atoms with E-state index in [1.54, 1.807) is 24.3 Å². The first-order valence-corrected chi connectivity index (χ1v) is 6.79. The Balaban J connectivity index is 2.33. The lowest BCUT2D eigenvalue weighted by Gasteiger charge is -2.09. The van der Waals surface area contributed by atoms with Crippen LogP contribution in [0.4, 0.5) is 17.6 Å². The molecular formula is C15H9ClF4N2O. The van der Waals surface area contributed by atoms with Crippen molar-refractivity contribution >= 4 is 22.4 Å². The van der Waals surface area contributed by atoms with Crippen molar-refractivity contribution in [1.29, 1.82) is 0 Å². The minimum Gasteiger partial charge on any atom is -0.479 e. The van der Waals surface area contributed by atoms with Crippen molar-refractivity contribution in [3.8, 4) is 11.6 Å². The largest absolute Gasteiger partial charge is 0.479 e. The Kier molecular flexibility index (Phi) is 3.68. The first kappa shape index (κ1) is 15.6. The number of fused-ring (bicyclic) bond motifs is 1. The fourth-order valence-electron chi connectivity index (χ4n) is 2.35. The van der Waals surface area contributed by atoms with E-state index in [-0.39, 0.29) is 5.69 Å². The fourth-order valence-corrected chi connectivity index (χ4v) is 2.58. The second kappa shape index (κ2) is 5.42. The van der Waals surface area contributed by atoms with Crippen LogP contribution in [-0.2, 0) is 6.18 Å². The molecule has 2 aromatic carbocycles. The molecule has 3 nitrogen and oxygen atoms in total. The molecule has 0 fully saturated rings. The lowest BCUT2D eigenvalue weighted by molar-refractivity contribution is -0.141. The van der Waals surface area contributed by atoms with E-state index in [4.69, 9.17) is 11.6 Å². The van der Waals surface area contributed by atoms with Gasteiger partial charge in [-0.15, -0.1) is 5.10 Å². The molecule has 0 aliphatic carbocycles. The molecule has 0 aliphatic rings. The monoisotopic (exact) mass is 344 g/mol. The number of halogens is 5. The summed E-state index contributed by atoms with van der Waals surface area (Å²) in [5, 5.41) is 5.05. The van der Waals surface area contributed by atoms with E-state index >= 15 is 0 Å². The van der Waals surface area contributed by atoms with Crippen LogP contribution in [0.25, 0.3) is 16.5 Å². The predicted molar refractivity (Wildman–Crippen MR) is 77.6 cm³/mol. The molecule has 1 heterocycles. The standard InChI is InChI=1S/C15H9ClF4N2O/c1-23-14-12(15(18,19)20)13(17)22(21-14)11-7-6-10(16)8-4-2-3-5-9(8)11/h2-7H,1H3. The smallest absolute Gasteiger partial charge is 0.426 e. The van der Waals surface area contributed by atoms with Gasteiger partial charge in [0.15, 0.2) is 5.56 Å². The van der Waals surface area contributed by atoms with Crippen molar-refractivity contribution in [3.63, 3.8) is 0 Å². The predicted octanol–water partition coefficient (Wildman–Crippen LogP) is 4.85. The Morgan fingerprint density at radius 1 is 1.09 bits per heavy atom. The molecule has 0 N–H and O–H groups in total. The Morgan fingerprint density at radius 2 is 1.74 bits per heavy atom. The zero-order valence-electron chi connectivity index (χ0n) is 11.7. The van der Waals surface area contributed by atoms with Gasteiger partial charge in [-0.05, 0) is 12.1 Å². The number of hydrogen-bond donors (Lipinski definition) is 0. The van der Waals surface area contributed by atoms with Crippen LogP contribution in [0.3, 0.4) is 0 Å². The highest BCUT2D eigenvalue weighted by atomic mass is 35.5. The number of methoxy groups -OCH3 is 1. The molecule has 1 aromatic heterocycles. The second-order valence-corrected chi connectivity index (χ2v) is 5.10. The van der Waals surface area contributed by atoms with Crippen LogP contribution in [0, 0.1) is 5.95 Å². The van der Waals surface area contributed by atoms with Gasteiger partial charge in [0, 0.05) is 15.8 Å². The average Bonchev–Trinajstić information content (AvgIpc) is 2.85. The van der Waals surface area contributed by atoms with Crippen LogP contribution in [0.5, 0.6) is 5.88 Å². The van der Waals surface area contributed by atoms with E-state index < -0.39 is 23.6 Å². The maximum absolute atomic E-state index is 14.4. The molecule has 0 spiro atoms. The third-order valence-electron chi connectivity index (χ3n) is 3.35. The molecular weight excluding hydrogens is 336 g/mol. The minimum atomic E-state index is -4.92. The summed E-state index contributed by atoms with van der Waals surface area (Å²) in [6, 6.07) is 9.58. The first-order chi connectivity index (χ1) is 10.8. The van der Waals surface area contributed by atoms with Crippen LogP contribution in [0.1, 0.15) is 5.56 Å². The van der Waals surface area contributed by atoms with Gasteiger partial charge in [0.05, 0.1) is 12.8 Å². The lowest BCUT2D eigenvalue weighted by Crippen LogP contribution is -2.09. The molecule has 0 saturated heterocycles. The van der Waals surface area contributed by atoms with Crippen LogP contribution >= 0.6 is 11.6 Å². The van der Waals surface area contributed by atoms with Gasteiger partial charge < -0.3 is 4.74 Å². The third kappa shape index (κ3) is 2.50. The maximum atomic E-state index is 14.4. The Morgan fingerprint density at radius 3 is 2.30 bits per heavy atom. The lowest BCUT2D eigenvalue weighted by atomic mass is 10.1. The van der Waals surface area contributed by atoms with E-state index in [0.717, 1.165) is 7.11 Å². The highest BCUT2D eigenvalue weighted by molar-refractivity contribution is 6.35. The number of ether oxygens (including phenoxy) is 1. The zero-order chi connectivity index (χ0) is 16.8. The van der Waals surface area contributed by atoms with Gasteiger partial charge in [0.1, 0.15) is 0 Å². The van der Waals surface area contributed by atoms with Gasteiger partial charge in [-0.3, -0.25) is 0 Å². The molecule has 8 heteroatoms. The van der Waals surface area contributed by atoms with Crippen molar-refractivity contribution in [2.24, 2.45) is 0 Å². The number of alkyl halides is 3. The van der Waals surface area contributed by atoms with Gasteiger partial charge in [-0.2, -0.15) is 17.6 Å². The van der Waals surface area contributed by atoms with Crippen molar-refractivity contribution in [3.05, 3.63) is 52.9 Å². The molecule has 0 radical (unpaired) electrons. The first-order valence-electron chi connectivity index (χ1n) is 6.42. The molecule has 0 amide bonds. The van der Waals surface area contributed by atoms with E-state index in [1.165, 1.54) is 12.1 Å². The molecule has 0 saturated carbocycles. The van der Waals surface area contributed by atoms with Crippen molar-refractivity contribution in [1.82, 2.24) is 9.78 Å². The van der Waals surface area contributed by atoms with Gasteiger partial charge >= 0.3 is 6.18 Å². The zero-order valence-corrected chi connectivity index (χ0v) is 12.4. The number of nitrogens with zero attached hydrogens (tertiary/aromatic N) is 2. The highest BCUT2D eigenvalue weighted by Crippen LogP contribution is 2.39. The summed E-state index contributed by atoms with van der Waals surface area (Å²) in [6.45, 7) is 0. The summed E-state index contributed by atoms with van der Waals surface area (Å²) in [5.74, 6) is -2.36. The van der Waals surface area contributed by atoms with Crippen LogP contribution in [-0.4, -0.2) is 16.9 Å². The molecule has 3 rings (SSSR count). The van der Waals surface area contributed by atoms with Crippen molar-refractivity contribution in [2.45, 2.75) is 6.18 Å². The maximum Gasteiger partial charge on any atom is 0.426 e. The van der Waals surface area contributed by atoms with Crippen molar-refractivity contribution in [2.75, 3.05) is 7.11 Å². The molecule has 23 heavy (non-hydrogen) atoms. The van der Waals surface area contributed by atoms with E-state index in [2.05, 4.69) is 9.84 Å². The summed E-state index contributed by atoms with van der Waals surface area (Å²) in [6.07, 6.45) is -4.92. The van der Waals surface area contributed by atoms with E-state index in [0.29, 0.717) is 20.5 Å². The molecule has 120 valence electrons. The summed E-state index contributed by atoms with van der Waals surface area (Å²) in [7, 11) is 1.00. The van der Waals surface area contributed by atoms with Gasteiger partial charge in [-0.25, -0.2) is 4.68 Å². The molecule has 3 aromatic rings. The van der Waals surface area contributed by atoms with Gasteiger partial charge in [0.2, 0.25) is 11.8 Å². The number of rotatable bonds is 2. The van der Waals surface area contributed by atoms with Gasteiger partial charge in [-0.1, -0.05) is 35.9 Å². The van der Waals surface area contributed by atoms with Gasteiger partial charge in [0.25, 0.3) is 0 Å².